The molecule has 0 bridgehead atoms. The molecule has 0 spiro atoms. The fourth-order valence-corrected chi connectivity index (χ4v) is 4.20. The minimum atomic E-state index is -0.267. The Morgan fingerprint density at radius 3 is 0.926 bits per heavy atom. The maximum atomic E-state index is 6.78. The predicted octanol–water partition coefficient (Wildman–Crippen LogP) is 11.7. The second kappa shape index (κ2) is 39.6. The van der Waals surface area contributed by atoms with Crippen LogP contribution in [-0.4, -0.2) is 120 Å². The molecule has 2 aromatic carbocycles. The molecule has 1 aliphatic heterocycles. The molecule has 1 heterocycles. The Bertz CT molecular complexity index is 1110. The summed E-state index contributed by atoms with van der Waals surface area (Å²) in [5.74, 6) is 3.12. The molecule has 11 nitrogen and oxygen atoms in total. The second-order valence-corrected chi connectivity index (χ2v) is 13.3. The molecule has 1 aliphatic rings. The Balaban J connectivity index is -0.000000244. The van der Waals surface area contributed by atoms with Crippen LogP contribution in [0.1, 0.15) is 91.5 Å². The molecule has 13 heteroatoms. The average Bonchev–Trinajstić information content (AvgIpc) is 3.02. The quantitative estimate of drug-likeness (QED) is 0.159. The van der Waals surface area contributed by atoms with Gasteiger partial charge < -0.3 is 57.3 Å². The van der Waals surface area contributed by atoms with E-state index >= 15 is 0 Å². The van der Waals surface area contributed by atoms with Crippen molar-refractivity contribution in [2.75, 3.05) is 84.6 Å². The molecule has 0 atom stereocenters. The van der Waals surface area contributed by atoms with Gasteiger partial charge >= 0.3 is 43.4 Å². The molecule has 0 aromatic heterocycles. The van der Waals surface area contributed by atoms with Crippen molar-refractivity contribution in [1.29, 1.82) is 0 Å². The van der Waals surface area contributed by atoms with Crippen molar-refractivity contribution in [1.82, 2.24) is 0 Å². The van der Waals surface area contributed by atoms with Gasteiger partial charge in [0.2, 0.25) is 0 Å². The SMILES string of the molecule is CC(C)N=C([N-]C(C)C)c1cccc2c1Oc1c(C(=NC(C)C)[N-]C(C)C)cccc1C2(C)C.C[N-]C.C[N-]C.C[N-]C.C[N-]C.C[N-]C.C[N-]C.[Ti+4].[Ti+4]. The van der Waals surface area contributed by atoms with Crippen LogP contribution in [-0.2, 0) is 48.9 Å². The third kappa shape index (κ3) is 27.9. The molecule has 0 aliphatic carbocycles. The summed E-state index contributed by atoms with van der Waals surface area (Å²) >= 11 is 0. The first kappa shape index (κ1) is 64.3. The van der Waals surface area contributed by atoms with Crippen molar-refractivity contribution in [3.05, 3.63) is 101 Å². The molecule has 2 aromatic rings. The van der Waals surface area contributed by atoms with Crippen LogP contribution in [0.15, 0.2) is 46.4 Å². The van der Waals surface area contributed by atoms with E-state index < -0.39 is 0 Å². The standard InChI is InChI=1S/C29H40N4O.6C2H6N.2Ti/c1-17(2)30-27(31-18(3)4)21-13-11-15-23-25(21)34-26-22(14-12-16-24(26)29(23,9)10)28(32-19(5)6)33-20(7)8;6*1-3-2;;/h11-20H,1-10H3;6*1-2H3;;/q-2;6*-1;2*+4. The van der Waals surface area contributed by atoms with E-state index in [9.17, 15) is 0 Å². The molecule has 0 saturated carbocycles. The Morgan fingerprint density at radius 1 is 0.481 bits per heavy atom. The zero-order chi connectivity index (χ0) is 41.4. The van der Waals surface area contributed by atoms with E-state index in [0.717, 1.165) is 45.4 Å². The molecule has 54 heavy (non-hydrogen) atoms. The minimum Gasteiger partial charge on any atom is -0.668 e. The van der Waals surface area contributed by atoms with Crippen LogP contribution in [0.2, 0.25) is 0 Å². The number of benzene rings is 2. The summed E-state index contributed by atoms with van der Waals surface area (Å²) in [5, 5.41) is 30.7. The average molecular weight is 821 g/mol. The van der Waals surface area contributed by atoms with Gasteiger partial charge in [0.05, 0.1) is 0 Å². The Hall–Kier alpha value is -1.63. The van der Waals surface area contributed by atoms with Crippen LogP contribution in [0.25, 0.3) is 42.5 Å². The topological polar surface area (TPSA) is 147 Å². The summed E-state index contributed by atoms with van der Waals surface area (Å²) in [4.78, 5) is 9.73. The number of para-hydroxylation sites is 2. The molecule has 0 fully saturated rings. The maximum Gasteiger partial charge on any atom is 4.00 e. The van der Waals surface area contributed by atoms with Gasteiger partial charge in [0.1, 0.15) is 11.5 Å². The van der Waals surface area contributed by atoms with E-state index in [1.165, 1.54) is 0 Å². The van der Waals surface area contributed by atoms with Crippen LogP contribution in [0.5, 0.6) is 11.5 Å². The van der Waals surface area contributed by atoms with Crippen molar-refractivity contribution < 1.29 is 48.2 Å². The van der Waals surface area contributed by atoms with Gasteiger partial charge in [0, 0.05) is 27.7 Å². The molecule has 3 rings (SSSR count). The van der Waals surface area contributed by atoms with Crippen molar-refractivity contribution in [2.24, 2.45) is 9.98 Å². The van der Waals surface area contributed by atoms with Gasteiger partial charge in [-0.3, -0.25) is 0 Å². The van der Waals surface area contributed by atoms with Gasteiger partial charge in [-0.05, 0) is 24.2 Å². The van der Waals surface area contributed by atoms with E-state index in [4.69, 9.17) is 25.4 Å². The molecule has 304 valence electrons. The van der Waals surface area contributed by atoms with E-state index in [0.29, 0.717) is 0 Å². The Kier molecular flexibility index (Phi) is 47.1. The first-order valence-electron chi connectivity index (χ1n) is 17.8. The fraction of sp³-hybridized carbons (Fsp3) is 0.659. The van der Waals surface area contributed by atoms with Crippen LogP contribution in [0.3, 0.4) is 0 Å². The van der Waals surface area contributed by atoms with Crippen LogP contribution >= 0.6 is 0 Å². The second-order valence-electron chi connectivity index (χ2n) is 13.3. The van der Waals surface area contributed by atoms with Gasteiger partial charge in [-0.1, -0.05) is 117 Å². The van der Waals surface area contributed by atoms with Gasteiger partial charge in [0.15, 0.2) is 0 Å². The molecule has 0 saturated heterocycles. The van der Waals surface area contributed by atoms with Crippen molar-refractivity contribution in [2.45, 2.75) is 98.8 Å². The number of ether oxygens (including phenoxy) is 1. The molecule has 0 N–H and O–H groups in total. The van der Waals surface area contributed by atoms with Gasteiger partial charge in [-0.25, -0.2) is 0 Å². The zero-order valence-corrected chi connectivity index (χ0v) is 41.3. The van der Waals surface area contributed by atoms with Crippen LogP contribution in [0.4, 0.5) is 0 Å². The van der Waals surface area contributed by atoms with Crippen molar-refractivity contribution >= 4 is 11.7 Å². The Labute approximate surface area is 363 Å². The number of nitrogens with zero attached hydrogens (tertiary/aromatic N) is 10. The summed E-state index contributed by atoms with van der Waals surface area (Å²) in [6, 6.07) is 13.1. The maximum absolute atomic E-state index is 6.78. The first-order chi connectivity index (χ1) is 24.4. The number of fused-ring (bicyclic) bond motifs is 2. The first-order valence-corrected chi connectivity index (χ1v) is 17.8. The fourth-order valence-electron chi connectivity index (χ4n) is 4.20. The summed E-state index contributed by atoms with van der Waals surface area (Å²) in [7, 11) is 21.0. The van der Waals surface area contributed by atoms with Gasteiger partial charge in [0.25, 0.3) is 0 Å². The summed E-state index contributed by atoms with van der Waals surface area (Å²) in [6.45, 7) is 21.1. The molecular formula is C41H76N10OTi2. The number of hydrogen-bond donors (Lipinski definition) is 0. The normalized spacial score (nSPS) is 11.7. The minimum absolute atomic E-state index is 0. The van der Waals surface area contributed by atoms with Gasteiger partial charge in [-0.2, -0.15) is 84.6 Å². The van der Waals surface area contributed by atoms with Crippen molar-refractivity contribution in [3.63, 3.8) is 0 Å². The summed E-state index contributed by atoms with van der Waals surface area (Å²) in [6.07, 6.45) is 0. The van der Waals surface area contributed by atoms with Crippen LogP contribution < -0.4 is 4.74 Å². The number of amidine groups is 2. The largest absolute Gasteiger partial charge is 4.00 e. The van der Waals surface area contributed by atoms with Crippen LogP contribution in [0, 0.1) is 0 Å². The third-order valence-corrected chi connectivity index (χ3v) is 5.58. The van der Waals surface area contributed by atoms with E-state index in [2.05, 4.69) is 138 Å². The van der Waals surface area contributed by atoms with Gasteiger partial charge in [-0.15, -0.1) is 0 Å². The summed E-state index contributed by atoms with van der Waals surface area (Å²) < 4.78 is 6.78. The van der Waals surface area contributed by atoms with Crippen molar-refractivity contribution in [3.8, 4) is 11.5 Å². The van der Waals surface area contributed by atoms with E-state index in [-0.39, 0.29) is 73.0 Å². The monoisotopic (exact) mass is 821 g/mol. The van der Waals surface area contributed by atoms with E-state index in [1.54, 1.807) is 84.6 Å². The Morgan fingerprint density at radius 2 is 0.722 bits per heavy atom. The number of hydrogen-bond acceptors (Lipinski definition) is 3. The van der Waals surface area contributed by atoms with E-state index in [1.807, 2.05) is 0 Å². The molecular weight excluding hydrogens is 744 g/mol. The third-order valence-electron chi connectivity index (χ3n) is 5.58. The predicted molar refractivity (Wildman–Crippen MR) is 237 cm³/mol. The zero-order valence-electron chi connectivity index (χ0n) is 38.2. The summed E-state index contributed by atoms with van der Waals surface area (Å²) in [5.41, 5.74) is 3.85. The molecule has 0 amide bonds. The number of aliphatic imine (C=N–C) groups is 2. The smallest absolute Gasteiger partial charge is 0.668 e. The molecule has 0 radical (unpaired) electrons. The number of rotatable bonds is 6. The molecule has 0 unspecified atom stereocenters.